The highest BCUT2D eigenvalue weighted by Gasteiger charge is 2.48. The third-order valence-corrected chi connectivity index (χ3v) is 15.6. The van der Waals surface area contributed by atoms with Gasteiger partial charge >= 0.3 is 0 Å². The molecule has 38 heavy (non-hydrogen) atoms. The van der Waals surface area contributed by atoms with E-state index in [0.29, 0.717) is 0 Å². The molecule has 0 bridgehead atoms. The Morgan fingerprint density at radius 3 is 0.605 bits per heavy atom. The molecule has 0 N–H and O–H groups in total. The number of fused-ring (bicyclic) bond motifs is 2. The van der Waals surface area contributed by atoms with E-state index in [0.717, 1.165) is 0 Å². The molecule has 0 saturated carbocycles. The molecule has 0 amide bonds. The van der Waals surface area contributed by atoms with Gasteiger partial charge in [-0.2, -0.15) is 0 Å². The quantitative estimate of drug-likeness (QED) is 0.215. The SMILES string of the molecule is c1ccc(S2(c3ccccc3)c3ccccc3S(c3ccccc3)(c3ccccc3)c3ccccc32)cc1. The molecule has 7 rings (SSSR count). The molecule has 184 valence electrons. The largest absolute Gasteiger partial charge is 0.131 e. The van der Waals surface area contributed by atoms with Gasteiger partial charge in [0.1, 0.15) is 0 Å². The van der Waals surface area contributed by atoms with Crippen molar-refractivity contribution >= 4 is 20.1 Å². The van der Waals surface area contributed by atoms with Gasteiger partial charge in [0.25, 0.3) is 0 Å². The number of rotatable bonds is 4. The van der Waals surface area contributed by atoms with Crippen molar-refractivity contribution in [3.05, 3.63) is 170 Å². The highest BCUT2D eigenvalue weighted by molar-refractivity contribution is 8.38. The highest BCUT2D eigenvalue weighted by atomic mass is 32.3. The molecule has 1 heterocycles. The van der Waals surface area contributed by atoms with Crippen LogP contribution in [-0.2, 0) is 0 Å². The van der Waals surface area contributed by atoms with Crippen LogP contribution in [0.15, 0.2) is 209 Å². The van der Waals surface area contributed by atoms with Gasteiger partial charge in [0, 0.05) is 39.2 Å². The van der Waals surface area contributed by atoms with Crippen LogP contribution in [0.3, 0.4) is 0 Å². The first-order valence-electron chi connectivity index (χ1n) is 12.9. The molecule has 1 aliphatic heterocycles. The molecule has 1 aliphatic rings. The first-order chi connectivity index (χ1) is 18.9. The topological polar surface area (TPSA) is 0 Å². The van der Waals surface area contributed by atoms with E-state index in [9.17, 15) is 0 Å². The molecule has 0 saturated heterocycles. The Labute approximate surface area is 228 Å². The van der Waals surface area contributed by atoms with Crippen LogP contribution >= 0.6 is 20.1 Å². The summed E-state index contributed by atoms with van der Waals surface area (Å²) in [5, 5.41) is 0. The van der Waals surface area contributed by atoms with E-state index in [1.807, 2.05) is 0 Å². The summed E-state index contributed by atoms with van der Waals surface area (Å²) in [6.45, 7) is 0. The van der Waals surface area contributed by atoms with Gasteiger partial charge in [-0.3, -0.25) is 0 Å². The normalized spacial score (nSPS) is 16.4. The molecule has 2 heteroatoms. The maximum atomic E-state index is 2.41. The van der Waals surface area contributed by atoms with Crippen LogP contribution in [0, 0.1) is 0 Å². The lowest BCUT2D eigenvalue weighted by Crippen LogP contribution is -2.18. The van der Waals surface area contributed by atoms with E-state index in [2.05, 4.69) is 170 Å². The summed E-state index contributed by atoms with van der Waals surface area (Å²) in [5.41, 5.74) is 0. The average molecular weight is 525 g/mol. The molecule has 0 fully saturated rings. The molecule has 6 aromatic rings. The Kier molecular flexibility index (Phi) is 5.73. The Bertz CT molecular complexity index is 1440. The van der Waals surface area contributed by atoms with Crippen molar-refractivity contribution in [2.45, 2.75) is 39.2 Å². The molecular formula is C36H28S2. The van der Waals surface area contributed by atoms with Crippen LogP contribution in [0.1, 0.15) is 0 Å². The van der Waals surface area contributed by atoms with Crippen molar-refractivity contribution in [1.82, 2.24) is 0 Å². The lowest BCUT2D eigenvalue weighted by Gasteiger charge is -2.55. The van der Waals surface area contributed by atoms with Crippen LogP contribution < -0.4 is 0 Å². The summed E-state index contributed by atoms with van der Waals surface area (Å²) in [5.74, 6) is 0. The zero-order valence-electron chi connectivity index (χ0n) is 21.0. The fraction of sp³-hybridized carbons (Fsp3) is 0. The lowest BCUT2D eigenvalue weighted by molar-refractivity contribution is 1.05. The molecule has 0 aliphatic carbocycles. The van der Waals surface area contributed by atoms with Gasteiger partial charge in [-0.15, -0.1) is 20.1 Å². The maximum Gasteiger partial charge on any atom is 0.0154 e. The molecule has 0 unspecified atom stereocenters. The fourth-order valence-electron chi connectivity index (χ4n) is 5.94. The van der Waals surface area contributed by atoms with Crippen molar-refractivity contribution in [3.63, 3.8) is 0 Å². The summed E-state index contributed by atoms with van der Waals surface area (Å²) >= 11 is 0. The van der Waals surface area contributed by atoms with E-state index in [1.54, 1.807) is 0 Å². The fourth-order valence-corrected chi connectivity index (χ4v) is 15.4. The minimum absolute atomic E-state index is 1.38. The Morgan fingerprint density at radius 2 is 0.395 bits per heavy atom. The van der Waals surface area contributed by atoms with Gasteiger partial charge in [0.2, 0.25) is 0 Å². The third-order valence-electron chi connectivity index (χ3n) is 7.40. The molecule has 6 aromatic carbocycles. The van der Waals surface area contributed by atoms with Crippen LogP contribution in [0.2, 0.25) is 0 Å². The summed E-state index contributed by atoms with van der Waals surface area (Å²) in [7, 11) is -3.48. The molecular weight excluding hydrogens is 497 g/mol. The molecule has 0 nitrogen and oxygen atoms in total. The van der Waals surface area contributed by atoms with E-state index < -0.39 is 20.1 Å². The molecule has 0 aromatic heterocycles. The van der Waals surface area contributed by atoms with Crippen LogP contribution in [-0.4, -0.2) is 0 Å². The first-order valence-corrected chi connectivity index (χ1v) is 16.2. The molecule has 0 atom stereocenters. The van der Waals surface area contributed by atoms with Gasteiger partial charge in [-0.05, 0) is 72.8 Å². The van der Waals surface area contributed by atoms with Crippen LogP contribution in [0.4, 0.5) is 0 Å². The number of hydrogen-bond donors (Lipinski definition) is 0. The average Bonchev–Trinajstić information content (AvgIpc) is 3.02. The van der Waals surface area contributed by atoms with Crippen molar-refractivity contribution in [2.75, 3.05) is 0 Å². The van der Waals surface area contributed by atoms with E-state index >= 15 is 0 Å². The van der Waals surface area contributed by atoms with Crippen molar-refractivity contribution in [3.8, 4) is 0 Å². The van der Waals surface area contributed by atoms with Crippen molar-refractivity contribution in [1.29, 1.82) is 0 Å². The van der Waals surface area contributed by atoms with E-state index in [1.165, 1.54) is 39.2 Å². The zero-order valence-corrected chi connectivity index (χ0v) is 22.6. The zero-order chi connectivity index (χ0) is 25.4. The number of benzene rings is 6. The number of hydrogen-bond acceptors (Lipinski definition) is 0. The van der Waals surface area contributed by atoms with Crippen molar-refractivity contribution in [2.24, 2.45) is 0 Å². The standard InChI is InChI=1S/C36H28S2/c1-5-17-29(18-6-1)37(30-19-7-2-8-20-30)33-25-13-15-27-35(33)38(31-21-9-3-10-22-31,32-23-11-4-12-24-32)36-28-16-14-26-34(36)37/h1-28H. The van der Waals surface area contributed by atoms with Crippen LogP contribution in [0.25, 0.3) is 0 Å². The van der Waals surface area contributed by atoms with Gasteiger partial charge in [-0.1, -0.05) is 97.1 Å². The second-order valence-corrected chi connectivity index (χ2v) is 15.5. The van der Waals surface area contributed by atoms with Crippen LogP contribution in [0.5, 0.6) is 0 Å². The maximum absolute atomic E-state index is 2.41. The minimum Gasteiger partial charge on any atom is -0.131 e. The first kappa shape index (κ1) is 23.2. The lowest BCUT2D eigenvalue weighted by atomic mass is 10.3. The second kappa shape index (κ2) is 9.40. The van der Waals surface area contributed by atoms with E-state index in [4.69, 9.17) is 0 Å². The summed E-state index contributed by atoms with van der Waals surface area (Å²) in [6, 6.07) is 63.4. The smallest absolute Gasteiger partial charge is 0.0154 e. The predicted octanol–water partition coefficient (Wildman–Crippen LogP) is 10.7. The molecule has 0 radical (unpaired) electrons. The second-order valence-electron chi connectivity index (χ2n) is 9.37. The Morgan fingerprint density at radius 1 is 0.211 bits per heavy atom. The van der Waals surface area contributed by atoms with Gasteiger partial charge in [0.05, 0.1) is 0 Å². The van der Waals surface area contributed by atoms with E-state index in [-0.39, 0.29) is 0 Å². The highest BCUT2D eigenvalue weighted by Crippen LogP contribution is 2.88. The van der Waals surface area contributed by atoms with Gasteiger partial charge < -0.3 is 0 Å². The van der Waals surface area contributed by atoms with Gasteiger partial charge in [-0.25, -0.2) is 0 Å². The summed E-state index contributed by atoms with van der Waals surface area (Å²) in [4.78, 5) is 11.3. The summed E-state index contributed by atoms with van der Waals surface area (Å²) < 4.78 is 0. The molecule has 0 spiro atoms. The van der Waals surface area contributed by atoms with Crippen molar-refractivity contribution < 1.29 is 0 Å². The predicted molar refractivity (Wildman–Crippen MR) is 160 cm³/mol. The Balaban J connectivity index is 1.73. The summed E-state index contributed by atoms with van der Waals surface area (Å²) in [6.07, 6.45) is 0. The Hall–Kier alpha value is -3.98. The monoisotopic (exact) mass is 524 g/mol. The third kappa shape index (κ3) is 3.21. The van der Waals surface area contributed by atoms with Gasteiger partial charge in [0.15, 0.2) is 0 Å². The minimum atomic E-state index is -1.74.